The summed E-state index contributed by atoms with van der Waals surface area (Å²) in [6.07, 6.45) is 4.71. The predicted octanol–water partition coefficient (Wildman–Crippen LogP) is 2.15. The zero-order chi connectivity index (χ0) is 14.0. The van der Waals surface area contributed by atoms with E-state index in [9.17, 15) is 0 Å². The molecule has 0 bridgehead atoms. The number of piperidine rings is 1. The molecule has 0 aromatic carbocycles. The molecule has 1 aliphatic rings. The van der Waals surface area contributed by atoms with Gasteiger partial charge in [-0.1, -0.05) is 6.92 Å². The number of rotatable bonds is 3. The van der Waals surface area contributed by atoms with Crippen LogP contribution in [-0.2, 0) is 0 Å². The highest BCUT2D eigenvalue weighted by Crippen LogP contribution is 2.29. The number of nitrogen functional groups attached to an aromatic ring is 1. The molecule has 0 amide bonds. The number of nitrogens with zero attached hydrogens (tertiary/aromatic N) is 3. The molecule has 0 saturated carbocycles. The molecule has 1 aromatic rings. The molecule has 2 heterocycles. The zero-order valence-corrected chi connectivity index (χ0v) is 12.0. The van der Waals surface area contributed by atoms with Crippen LogP contribution in [0.2, 0.25) is 0 Å². The summed E-state index contributed by atoms with van der Waals surface area (Å²) in [5, 5.41) is 16.4. The van der Waals surface area contributed by atoms with Crippen molar-refractivity contribution in [1.82, 2.24) is 10.2 Å². The first-order valence-corrected chi connectivity index (χ1v) is 7.01. The van der Waals surface area contributed by atoms with Crippen LogP contribution in [0.15, 0.2) is 0 Å². The number of anilines is 1. The first-order chi connectivity index (χ1) is 9.06. The minimum atomic E-state index is 0.0888. The monoisotopic (exact) mass is 261 g/mol. The van der Waals surface area contributed by atoms with Gasteiger partial charge in [0.25, 0.3) is 0 Å². The summed E-state index contributed by atoms with van der Waals surface area (Å²) in [5.41, 5.74) is 8.34. The molecule has 1 saturated heterocycles. The molecule has 2 rings (SSSR count). The third-order valence-corrected chi connectivity index (χ3v) is 4.08. The van der Waals surface area contributed by atoms with Crippen molar-refractivity contribution in [3.63, 3.8) is 0 Å². The van der Waals surface area contributed by atoms with E-state index in [1.807, 2.05) is 13.8 Å². The Morgan fingerprint density at radius 3 is 2.74 bits per heavy atom. The fourth-order valence-electron chi connectivity index (χ4n) is 2.82. The summed E-state index contributed by atoms with van der Waals surface area (Å²) in [7, 11) is 0. The van der Waals surface area contributed by atoms with Crippen molar-refractivity contribution in [2.75, 3.05) is 11.4 Å². The molecule has 19 heavy (non-hydrogen) atoms. The lowest BCUT2D eigenvalue weighted by Gasteiger charge is -2.37. The van der Waals surface area contributed by atoms with E-state index >= 15 is 0 Å². The van der Waals surface area contributed by atoms with E-state index in [2.05, 4.69) is 22.0 Å². The molecule has 0 radical (unpaired) electrons. The van der Waals surface area contributed by atoms with Gasteiger partial charge in [0.05, 0.1) is 11.3 Å². The van der Waals surface area contributed by atoms with Gasteiger partial charge in [0.1, 0.15) is 5.84 Å². The van der Waals surface area contributed by atoms with E-state index in [0.717, 1.165) is 35.6 Å². The van der Waals surface area contributed by atoms with Gasteiger partial charge in [0, 0.05) is 12.6 Å². The molecule has 0 aliphatic carbocycles. The number of nitrogens with one attached hydrogen (secondary N) is 1. The predicted molar refractivity (Wildman–Crippen MR) is 77.8 cm³/mol. The Bertz CT molecular complexity index is 483. The van der Waals surface area contributed by atoms with Gasteiger partial charge >= 0.3 is 0 Å². The SMILES string of the molecule is CCC1CCCCN1c1nnc(C)c(C)c1C(=N)N. The molecule has 0 spiro atoms. The largest absolute Gasteiger partial charge is 0.384 e. The number of amidine groups is 1. The Morgan fingerprint density at radius 2 is 2.11 bits per heavy atom. The summed E-state index contributed by atoms with van der Waals surface area (Å²) in [5.74, 6) is 0.882. The average molecular weight is 261 g/mol. The molecule has 1 aliphatic heterocycles. The molecule has 104 valence electrons. The maximum Gasteiger partial charge on any atom is 0.162 e. The highest BCUT2D eigenvalue weighted by Gasteiger charge is 2.26. The van der Waals surface area contributed by atoms with E-state index < -0.39 is 0 Å². The van der Waals surface area contributed by atoms with Crippen LogP contribution < -0.4 is 10.6 Å². The van der Waals surface area contributed by atoms with E-state index in [1.165, 1.54) is 19.3 Å². The quantitative estimate of drug-likeness (QED) is 0.645. The highest BCUT2D eigenvalue weighted by molar-refractivity contribution is 6.01. The lowest BCUT2D eigenvalue weighted by Crippen LogP contribution is -2.41. The molecule has 1 atom stereocenters. The van der Waals surface area contributed by atoms with Gasteiger partial charge in [0.2, 0.25) is 0 Å². The van der Waals surface area contributed by atoms with Crippen molar-refractivity contribution in [1.29, 1.82) is 5.41 Å². The Balaban J connectivity index is 2.49. The Labute approximate surface area is 114 Å². The first kappa shape index (κ1) is 13.8. The van der Waals surface area contributed by atoms with Gasteiger partial charge < -0.3 is 10.6 Å². The van der Waals surface area contributed by atoms with Crippen molar-refractivity contribution in [2.45, 2.75) is 52.5 Å². The van der Waals surface area contributed by atoms with Crippen molar-refractivity contribution in [3.8, 4) is 0 Å². The van der Waals surface area contributed by atoms with Crippen LogP contribution in [0.5, 0.6) is 0 Å². The van der Waals surface area contributed by atoms with Crippen LogP contribution in [0.4, 0.5) is 5.82 Å². The highest BCUT2D eigenvalue weighted by atomic mass is 15.3. The lowest BCUT2D eigenvalue weighted by molar-refractivity contribution is 0.445. The topological polar surface area (TPSA) is 78.9 Å². The maximum absolute atomic E-state index is 7.84. The smallest absolute Gasteiger partial charge is 0.162 e. The second-order valence-corrected chi connectivity index (χ2v) is 5.27. The Hall–Kier alpha value is -1.65. The van der Waals surface area contributed by atoms with Crippen molar-refractivity contribution in [2.24, 2.45) is 5.73 Å². The first-order valence-electron chi connectivity index (χ1n) is 7.01. The number of hydrogen-bond acceptors (Lipinski definition) is 4. The summed E-state index contributed by atoms with van der Waals surface area (Å²) in [6, 6.07) is 0.489. The maximum atomic E-state index is 7.84. The van der Waals surface area contributed by atoms with Gasteiger partial charge in [0.15, 0.2) is 5.82 Å². The van der Waals surface area contributed by atoms with Gasteiger partial charge in [-0.05, 0) is 45.1 Å². The van der Waals surface area contributed by atoms with Crippen LogP contribution in [0.25, 0.3) is 0 Å². The summed E-state index contributed by atoms with van der Waals surface area (Å²) in [6.45, 7) is 7.06. The third kappa shape index (κ3) is 2.55. The lowest BCUT2D eigenvalue weighted by atomic mass is 9.98. The molecule has 3 N–H and O–H groups in total. The zero-order valence-electron chi connectivity index (χ0n) is 12.0. The second-order valence-electron chi connectivity index (χ2n) is 5.27. The second kappa shape index (κ2) is 5.55. The van der Waals surface area contributed by atoms with Crippen LogP contribution in [0, 0.1) is 19.3 Å². The standard InChI is InChI=1S/C14H23N5/c1-4-11-7-5-6-8-19(11)14-12(13(15)16)9(2)10(3)17-18-14/h11H,4-8H2,1-3H3,(H3,15,16). The molecular weight excluding hydrogens is 238 g/mol. The van der Waals surface area contributed by atoms with Gasteiger partial charge in [-0.15, -0.1) is 5.10 Å². The molecule has 5 nitrogen and oxygen atoms in total. The van der Waals surface area contributed by atoms with E-state index in [0.29, 0.717) is 6.04 Å². The van der Waals surface area contributed by atoms with E-state index in [-0.39, 0.29) is 5.84 Å². The fraction of sp³-hybridized carbons (Fsp3) is 0.643. The minimum Gasteiger partial charge on any atom is -0.384 e. The fourth-order valence-corrected chi connectivity index (χ4v) is 2.82. The van der Waals surface area contributed by atoms with E-state index in [1.54, 1.807) is 0 Å². The Morgan fingerprint density at radius 1 is 1.37 bits per heavy atom. The van der Waals surface area contributed by atoms with E-state index in [4.69, 9.17) is 11.1 Å². The molecule has 5 heteroatoms. The molecular formula is C14H23N5. The van der Waals surface area contributed by atoms with Gasteiger partial charge in [-0.25, -0.2) is 0 Å². The summed E-state index contributed by atoms with van der Waals surface area (Å²) >= 11 is 0. The molecule has 1 fully saturated rings. The molecule has 1 unspecified atom stereocenters. The normalized spacial score (nSPS) is 19.5. The van der Waals surface area contributed by atoms with Crippen molar-refractivity contribution >= 4 is 11.7 Å². The van der Waals surface area contributed by atoms with Crippen LogP contribution in [-0.4, -0.2) is 28.6 Å². The van der Waals surface area contributed by atoms with Crippen LogP contribution >= 0.6 is 0 Å². The van der Waals surface area contributed by atoms with Crippen LogP contribution in [0.3, 0.4) is 0 Å². The average Bonchev–Trinajstić information content (AvgIpc) is 2.41. The minimum absolute atomic E-state index is 0.0888. The van der Waals surface area contributed by atoms with Crippen molar-refractivity contribution in [3.05, 3.63) is 16.8 Å². The Kier molecular flexibility index (Phi) is 4.02. The number of aromatic nitrogens is 2. The molecule has 1 aromatic heterocycles. The number of aryl methyl sites for hydroxylation is 1. The van der Waals surface area contributed by atoms with Gasteiger partial charge in [-0.3, -0.25) is 5.41 Å². The number of nitrogens with two attached hydrogens (primary N) is 1. The summed E-state index contributed by atoms with van der Waals surface area (Å²) in [4.78, 5) is 2.29. The van der Waals surface area contributed by atoms with Gasteiger partial charge in [-0.2, -0.15) is 5.10 Å². The number of hydrogen-bond donors (Lipinski definition) is 2. The van der Waals surface area contributed by atoms with Crippen LogP contribution in [0.1, 0.15) is 49.4 Å². The summed E-state index contributed by atoms with van der Waals surface area (Å²) < 4.78 is 0. The van der Waals surface area contributed by atoms with Crippen molar-refractivity contribution < 1.29 is 0 Å². The third-order valence-electron chi connectivity index (χ3n) is 4.08.